The minimum Gasteiger partial charge on any atom is -0.493 e. The highest BCUT2D eigenvalue weighted by Gasteiger charge is 2.09. The summed E-state index contributed by atoms with van der Waals surface area (Å²) in [7, 11) is 0. The second-order valence-corrected chi connectivity index (χ2v) is 6.66. The van der Waals surface area contributed by atoms with Gasteiger partial charge in [0.05, 0.1) is 12.4 Å². The lowest BCUT2D eigenvalue weighted by Gasteiger charge is -2.15. The van der Waals surface area contributed by atoms with Gasteiger partial charge in [0.2, 0.25) is 0 Å². The topological polar surface area (TPSA) is 53.7 Å². The first-order valence-electron chi connectivity index (χ1n) is 7.64. The highest BCUT2D eigenvalue weighted by molar-refractivity contribution is 7.98. The molecular weight excluding hydrogens is 314 g/mol. The summed E-state index contributed by atoms with van der Waals surface area (Å²) < 4.78 is 6.49. The van der Waals surface area contributed by atoms with Gasteiger partial charge in [0.25, 0.3) is 0 Å². The average molecular weight is 338 g/mol. The summed E-state index contributed by atoms with van der Waals surface area (Å²) in [5.74, 6) is 4.29. The Hall–Kier alpha value is -1.27. The van der Waals surface area contributed by atoms with Crippen molar-refractivity contribution >= 4 is 24.0 Å². The van der Waals surface area contributed by atoms with Gasteiger partial charge in [-0.2, -0.15) is 16.9 Å². The lowest BCUT2D eigenvalue weighted by Crippen LogP contribution is -2.14. The van der Waals surface area contributed by atoms with Crippen LogP contribution in [0.5, 0.6) is 5.75 Å². The third-order valence-corrected chi connectivity index (χ3v) is 4.92. The Morgan fingerprint density at radius 1 is 1.27 bits per heavy atom. The summed E-state index contributed by atoms with van der Waals surface area (Å²) in [6.07, 6.45) is 2.17. The molecule has 1 atom stereocenters. The van der Waals surface area contributed by atoms with E-state index in [4.69, 9.17) is 17.0 Å². The van der Waals surface area contributed by atoms with Crippen LogP contribution in [0.15, 0.2) is 24.3 Å². The standard InChI is InChI=1S/C16H23N3OS2/c1-3-12-5-7-14(8-6-12)20-9-13(4-2)10-22-11-15-17-16(21)19-18-15/h5-8,13H,3-4,9-11H2,1-2H3,(H2,17,18,19,21). The van der Waals surface area contributed by atoms with Gasteiger partial charge in [-0.15, -0.1) is 0 Å². The molecule has 22 heavy (non-hydrogen) atoms. The molecule has 1 heterocycles. The Bertz CT molecular complexity index is 606. The number of H-pyrrole nitrogens is 2. The Kier molecular flexibility index (Phi) is 6.99. The van der Waals surface area contributed by atoms with Crippen LogP contribution in [-0.4, -0.2) is 27.5 Å². The number of nitrogens with zero attached hydrogens (tertiary/aromatic N) is 1. The van der Waals surface area contributed by atoms with Crippen LogP contribution in [0.25, 0.3) is 0 Å². The first kappa shape index (κ1) is 17.1. The number of benzene rings is 1. The van der Waals surface area contributed by atoms with E-state index >= 15 is 0 Å². The molecule has 1 aromatic heterocycles. The number of ether oxygens (including phenoxy) is 1. The first-order valence-corrected chi connectivity index (χ1v) is 9.20. The molecule has 0 radical (unpaired) electrons. The first-order chi connectivity index (χ1) is 10.7. The quantitative estimate of drug-likeness (QED) is 0.667. The lowest BCUT2D eigenvalue weighted by molar-refractivity contribution is 0.259. The maximum absolute atomic E-state index is 5.91. The van der Waals surface area contributed by atoms with Crippen LogP contribution in [0, 0.1) is 10.7 Å². The molecule has 2 aromatic rings. The van der Waals surface area contributed by atoms with Crippen LogP contribution in [-0.2, 0) is 12.2 Å². The van der Waals surface area contributed by atoms with E-state index < -0.39 is 0 Å². The molecule has 1 unspecified atom stereocenters. The number of rotatable bonds is 9. The Morgan fingerprint density at radius 2 is 2.05 bits per heavy atom. The zero-order valence-corrected chi connectivity index (χ0v) is 14.7. The molecular formula is C16H23N3OS2. The van der Waals surface area contributed by atoms with Crippen molar-refractivity contribution in [3.63, 3.8) is 0 Å². The van der Waals surface area contributed by atoms with E-state index in [0.29, 0.717) is 10.7 Å². The summed E-state index contributed by atoms with van der Waals surface area (Å²) >= 11 is 6.82. The fourth-order valence-corrected chi connectivity index (χ4v) is 3.29. The molecule has 120 valence electrons. The van der Waals surface area contributed by atoms with E-state index in [9.17, 15) is 0 Å². The van der Waals surface area contributed by atoms with E-state index in [-0.39, 0.29) is 0 Å². The number of aromatic amines is 2. The molecule has 0 fully saturated rings. The number of thioether (sulfide) groups is 1. The van der Waals surface area contributed by atoms with E-state index in [0.717, 1.165) is 42.5 Å². The van der Waals surface area contributed by atoms with E-state index in [1.807, 2.05) is 11.8 Å². The third kappa shape index (κ3) is 5.50. The van der Waals surface area contributed by atoms with Gasteiger partial charge in [-0.1, -0.05) is 26.0 Å². The summed E-state index contributed by atoms with van der Waals surface area (Å²) in [6, 6.07) is 8.38. The molecule has 2 rings (SSSR count). The van der Waals surface area contributed by atoms with Crippen LogP contribution in [0.4, 0.5) is 0 Å². The Morgan fingerprint density at radius 3 is 2.64 bits per heavy atom. The second-order valence-electron chi connectivity index (χ2n) is 5.22. The van der Waals surface area contributed by atoms with Gasteiger partial charge in [0.15, 0.2) is 4.77 Å². The summed E-state index contributed by atoms with van der Waals surface area (Å²) in [6.45, 7) is 5.12. The van der Waals surface area contributed by atoms with Crippen molar-refractivity contribution in [1.29, 1.82) is 0 Å². The molecule has 1 aromatic carbocycles. The van der Waals surface area contributed by atoms with Crippen LogP contribution in [0.1, 0.15) is 31.7 Å². The fraction of sp³-hybridized carbons (Fsp3) is 0.500. The predicted molar refractivity (Wildman–Crippen MR) is 95.0 cm³/mol. The minimum absolute atomic E-state index is 0.540. The highest BCUT2D eigenvalue weighted by atomic mass is 32.2. The SMILES string of the molecule is CCc1ccc(OCC(CC)CSCc2n[nH]c(=S)[nH]2)cc1. The number of aromatic nitrogens is 3. The number of aryl methyl sites for hydroxylation is 1. The van der Waals surface area contributed by atoms with Crippen molar-refractivity contribution in [3.05, 3.63) is 40.4 Å². The van der Waals surface area contributed by atoms with Crippen molar-refractivity contribution in [2.24, 2.45) is 5.92 Å². The summed E-state index contributed by atoms with van der Waals surface area (Å²) in [4.78, 5) is 3.03. The van der Waals surface area contributed by atoms with Gasteiger partial charge in [0.1, 0.15) is 11.6 Å². The lowest BCUT2D eigenvalue weighted by atomic mass is 10.1. The molecule has 0 aliphatic rings. The molecule has 2 N–H and O–H groups in total. The molecule has 0 amide bonds. The smallest absolute Gasteiger partial charge is 0.192 e. The molecule has 0 saturated carbocycles. The Labute approximate surface area is 141 Å². The van der Waals surface area contributed by atoms with Gasteiger partial charge in [-0.25, -0.2) is 0 Å². The molecule has 0 spiro atoms. The largest absolute Gasteiger partial charge is 0.493 e. The van der Waals surface area contributed by atoms with Crippen molar-refractivity contribution in [2.45, 2.75) is 32.4 Å². The van der Waals surface area contributed by atoms with Gasteiger partial charge < -0.3 is 9.72 Å². The molecule has 0 aliphatic heterocycles. The summed E-state index contributed by atoms with van der Waals surface area (Å²) in [5, 5.41) is 6.86. The predicted octanol–water partition coefficient (Wildman–Crippen LogP) is 4.37. The van der Waals surface area contributed by atoms with Crippen LogP contribution in [0.2, 0.25) is 0 Å². The number of hydrogen-bond donors (Lipinski definition) is 2. The monoisotopic (exact) mass is 337 g/mol. The molecule has 0 aliphatic carbocycles. The van der Waals surface area contributed by atoms with Crippen molar-refractivity contribution in [3.8, 4) is 5.75 Å². The average Bonchev–Trinajstić information content (AvgIpc) is 2.96. The zero-order valence-electron chi connectivity index (χ0n) is 13.1. The fourth-order valence-electron chi connectivity index (χ4n) is 2.02. The van der Waals surface area contributed by atoms with Gasteiger partial charge >= 0.3 is 0 Å². The normalized spacial score (nSPS) is 12.3. The maximum Gasteiger partial charge on any atom is 0.192 e. The van der Waals surface area contributed by atoms with Crippen LogP contribution >= 0.6 is 24.0 Å². The van der Waals surface area contributed by atoms with Crippen LogP contribution in [0.3, 0.4) is 0 Å². The highest BCUT2D eigenvalue weighted by Crippen LogP contribution is 2.18. The van der Waals surface area contributed by atoms with Gasteiger partial charge in [-0.05, 0) is 48.5 Å². The molecule has 6 heteroatoms. The summed E-state index contributed by atoms with van der Waals surface area (Å²) in [5.41, 5.74) is 1.34. The number of hydrogen-bond acceptors (Lipinski definition) is 4. The molecule has 4 nitrogen and oxygen atoms in total. The van der Waals surface area contributed by atoms with Crippen molar-refractivity contribution in [1.82, 2.24) is 15.2 Å². The van der Waals surface area contributed by atoms with Gasteiger partial charge in [0, 0.05) is 5.92 Å². The third-order valence-electron chi connectivity index (χ3n) is 3.54. The Balaban J connectivity index is 1.72. The number of nitrogens with one attached hydrogen (secondary N) is 2. The zero-order chi connectivity index (χ0) is 15.8. The van der Waals surface area contributed by atoms with E-state index in [2.05, 4.69) is 53.3 Å². The van der Waals surface area contributed by atoms with Crippen molar-refractivity contribution in [2.75, 3.05) is 12.4 Å². The van der Waals surface area contributed by atoms with E-state index in [1.54, 1.807) is 0 Å². The van der Waals surface area contributed by atoms with E-state index in [1.165, 1.54) is 5.56 Å². The second kappa shape index (κ2) is 9.00. The minimum atomic E-state index is 0.540. The maximum atomic E-state index is 5.91. The van der Waals surface area contributed by atoms with Crippen LogP contribution < -0.4 is 4.74 Å². The van der Waals surface area contributed by atoms with Crippen molar-refractivity contribution < 1.29 is 4.74 Å². The van der Waals surface area contributed by atoms with Gasteiger partial charge in [-0.3, -0.25) is 5.10 Å². The molecule has 0 bridgehead atoms. The molecule has 0 saturated heterocycles.